The molecule has 0 radical (unpaired) electrons. The molecule has 1 N–H and O–H groups in total. The van der Waals surface area contributed by atoms with Crippen molar-refractivity contribution in [3.63, 3.8) is 0 Å². The van der Waals surface area contributed by atoms with Gasteiger partial charge in [-0.3, -0.25) is 4.90 Å². The Kier molecular flexibility index (Phi) is 4.71. The van der Waals surface area contributed by atoms with Crippen LogP contribution >= 0.6 is 0 Å². The van der Waals surface area contributed by atoms with Gasteiger partial charge in [0.2, 0.25) is 0 Å². The molecule has 2 fully saturated rings. The minimum Gasteiger partial charge on any atom is -0.312 e. The van der Waals surface area contributed by atoms with E-state index in [4.69, 9.17) is 0 Å². The largest absolute Gasteiger partial charge is 0.312 e. The lowest BCUT2D eigenvalue weighted by atomic mass is 9.86. The quantitative estimate of drug-likeness (QED) is 0.747. The van der Waals surface area contributed by atoms with Crippen molar-refractivity contribution in [1.29, 1.82) is 0 Å². The van der Waals surface area contributed by atoms with Gasteiger partial charge in [-0.1, -0.05) is 34.1 Å². The number of likely N-dealkylation sites (N-methyl/N-ethyl adjacent to an activating group) is 1. The topological polar surface area (TPSA) is 15.3 Å². The zero-order valence-corrected chi connectivity index (χ0v) is 12.8. The van der Waals surface area contributed by atoms with Crippen molar-refractivity contribution in [2.24, 2.45) is 5.41 Å². The van der Waals surface area contributed by atoms with Gasteiger partial charge in [0.25, 0.3) is 0 Å². The first kappa shape index (κ1) is 14.3. The summed E-state index contributed by atoms with van der Waals surface area (Å²) < 4.78 is 0. The molecular formula is C16H32N2. The molecule has 0 aromatic heterocycles. The molecule has 0 aliphatic heterocycles. The predicted octanol–water partition coefficient (Wildman–Crippen LogP) is 3.42. The van der Waals surface area contributed by atoms with Gasteiger partial charge in [-0.2, -0.15) is 0 Å². The van der Waals surface area contributed by atoms with E-state index in [9.17, 15) is 0 Å². The molecule has 0 amide bonds. The maximum Gasteiger partial charge on any atom is 0.0274 e. The van der Waals surface area contributed by atoms with E-state index in [2.05, 4.69) is 37.9 Å². The molecule has 2 aliphatic carbocycles. The number of nitrogens with one attached hydrogen (secondary N) is 1. The summed E-state index contributed by atoms with van der Waals surface area (Å²) in [6, 6.07) is 2.40. The first-order valence-corrected chi connectivity index (χ1v) is 8.09. The summed E-state index contributed by atoms with van der Waals surface area (Å²) in [5, 5.41) is 3.78. The summed E-state index contributed by atoms with van der Waals surface area (Å²) in [4.78, 5) is 2.85. The SMILES string of the molecule is CCCCN(C1CC1)C1CCC(C)(C)C1NCC. The lowest BCUT2D eigenvalue weighted by Crippen LogP contribution is -2.52. The van der Waals surface area contributed by atoms with Crippen LogP contribution in [0.2, 0.25) is 0 Å². The van der Waals surface area contributed by atoms with Crippen LogP contribution in [0, 0.1) is 5.41 Å². The lowest BCUT2D eigenvalue weighted by Gasteiger charge is -2.38. The van der Waals surface area contributed by atoms with Crippen molar-refractivity contribution >= 4 is 0 Å². The van der Waals surface area contributed by atoms with Gasteiger partial charge >= 0.3 is 0 Å². The molecule has 2 aliphatic rings. The smallest absolute Gasteiger partial charge is 0.0274 e. The Morgan fingerprint density at radius 2 is 1.89 bits per heavy atom. The van der Waals surface area contributed by atoms with E-state index >= 15 is 0 Å². The van der Waals surface area contributed by atoms with Crippen molar-refractivity contribution in [2.75, 3.05) is 13.1 Å². The molecule has 2 atom stereocenters. The second-order valence-electron chi connectivity index (χ2n) is 6.95. The summed E-state index contributed by atoms with van der Waals surface area (Å²) in [7, 11) is 0. The highest BCUT2D eigenvalue weighted by Gasteiger charge is 2.46. The maximum atomic E-state index is 3.78. The zero-order chi connectivity index (χ0) is 13.2. The monoisotopic (exact) mass is 252 g/mol. The summed E-state index contributed by atoms with van der Waals surface area (Å²) in [6.07, 6.45) is 8.35. The zero-order valence-electron chi connectivity index (χ0n) is 12.8. The van der Waals surface area contributed by atoms with Crippen molar-refractivity contribution in [3.8, 4) is 0 Å². The van der Waals surface area contributed by atoms with Gasteiger partial charge in [-0.15, -0.1) is 0 Å². The van der Waals surface area contributed by atoms with Gasteiger partial charge in [0.05, 0.1) is 0 Å². The molecule has 2 nitrogen and oxygen atoms in total. The average Bonchev–Trinajstić information content (AvgIpc) is 3.11. The lowest BCUT2D eigenvalue weighted by molar-refractivity contribution is 0.135. The molecule has 0 bridgehead atoms. The third kappa shape index (κ3) is 3.08. The minimum absolute atomic E-state index is 0.472. The normalized spacial score (nSPS) is 31.2. The van der Waals surface area contributed by atoms with Gasteiger partial charge < -0.3 is 5.32 Å². The molecule has 0 aromatic carbocycles. The highest BCUT2D eigenvalue weighted by molar-refractivity contribution is 5.03. The molecule has 2 heteroatoms. The van der Waals surface area contributed by atoms with Crippen LogP contribution in [0.25, 0.3) is 0 Å². The van der Waals surface area contributed by atoms with Crippen LogP contribution in [0.4, 0.5) is 0 Å². The molecule has 0 spiro atoms. The van der Waals surface area contributed by atoms with Crippen LogP contribution in [0.3, 0.4) is 0 Å². The van der Waals surface area contributed by atoms with Crippen molar-refractivity contribution in [3.05, 3.63) is 0 Å². The minimum atomic E-state index is 0.472. The van der Waals surface area contributed by atoms with Crippen molar-refractivity contribution in [2.45, 2.75) is 84.3 Å². The Hall–Kier alpha value is -0.0800. The van der Waals surface area contributed by atoms with E-state index in [1.165, 1.54) is 45.1 Å². The van der Waals surface area contributed by atoms with Gasteiger partial charge in [-0.25, -0.2) is 0 Å². The molecular weight excluding hydrogens is 220 g/mol. The first-order valence-electron chi connectivity index (χ1n) is 8.09. The summed E-state index contributed by atoms with van der Waals surface area (Å²) in [5.41, 5.74) is 0.472. The summed E-state index contributed by atoms with van der Waals surface area (Å²) in [6.45, 7) is 11.9. The van der Waals surface area contributed by atoms with Crippen LogP contribution < -0.4 is 5.32 Å². The second kappa shape index (κ2) is 5.92. The molecule has 18 heavy (non-hydrogen) atoms. The fourth-order valence-corrected chi connectivity index (χ4v) is 3.72. The van der Waals surface area contributed by atoms with Crippen LogP contribution in [0.1, 0.15) is 66.2 Å². The van der Waals surface area contributed by atoms with E-state index in [0.717, 1.165) is 18.6 Å². The van der Waals surface area contributed by atoms with Crippen LogP contribution in [0.5, 0.6) is 0 Å². The summed E-state index contributed by atoms with van der Waals surface area (Å²) >= 11 is 0. The van der Waals surface area contributed by atoms with E-state index < -0.39 is 0 Å². The molecule has 106 valence electrons. The number of unbranched alkanes of at least 4 members (excludes halogenated alkanes) is 1. The second-order valence-corrected chi connectivity index (χ2v) is 6.95. The Morgan fingerprint density at radius 3 is 2.44 bits per heavy atom. The number of nitrogens with zero attached hydrogens (tertiary/aromatic N) is 1. The van der Waals surface area contributed by atoms with Crippen molar-refractivity contribution in [1.82, 2.24) is 10.2 Å². The fourth-order valence-electron chi connectivity index (χ4n) is 3.72. The highest BCUT2D eigenvalue weighted by atomic mass is 15.2. The van der Waals surface area contributed by atoms with Crippen LogP contribution in [-0.4, -0.2) is 36.1 Å². The standard InChI is InChI=1S/C16H32N2/c1-5-7-12-18(13-8-9-13)14-10-11-16(3,4)15(14)17-6-2/h13-15,17H,5-12H2,1-4H3. The first-order chi connectivity index (χ1) is 8.60. The summed E-state index contributed by atoms with van der Waals surface area (Å²) in [5.74, 6) is 0. The van der Waals surface area contributed by atoms with E-state index in [1.54, 1.807) is 0 Å². The molecule has 0 aromatic rings. The number of hydrogen-bond donors (Lipinski definition) is 1. The van der Waals surface area contributed by atoms with Crippen LogP contribution in [0.15, 0.2) is 0 Å². The Labute approximate surface area is 114 Å². The third-order valence-electron chi connectivity index (χ3n) is 4.95. The van der Waals surface area contributed by atoms with Gasteiger partial charge in [-0.05, 0) is 50.6 Å². The van der Waals surface area contributed by atoms with E-state index in [1.807, 2.05) is 0 Å². The van der Waals surface area contributed by atoms with Crippen molar-refractivity contribution < 1.29 is 0 Å². The molecule has 2 saturated carbocycles. The van der Waals surface area contributed by atoms with Gasteiger partial charge in [0.15, 0.2) is 0 Å². The van der Waals surface area contributed by atoms with E-state index in [-0.39, 0.29) is 0 Å². The van der Waals surface area contributed by atoms with E-state index in [0.29, 0.717) is 11.5 Å². The highest BCUT2D eigenvalue weighted by Crippen LogP contribution is 2.43. The Bertz CT molecular complexity index is 258. The maximum absolute atomic E-state index is 3.78. The molecule has 0 heterocycles. The fraction of sp³-hybridized carbons (Fsp3) is 1.00. The molecule has 2 unspecified atom stereocenters. The molecule has 2 rings (SSSR count). The molecule has 0 saturated heterocycles. The number of hydrogen-bond acceptors (Lipinski definition) is 2. The predicted molar refractivity (Wildman–Crippen MR) is 78.9 cm³/mol. The Morgan fingerprint density at radius 1 is 1.17 bits per heavy atom. The average molecular weight is 252 g/mol. The van der Waals surface area contributed by atoms with Gasteiger partial charge in [0, 0.05) is 18.1 Å². The van der Waals surface area contributed by atoms with Crippen LogP contribution in [-0.2, 0) is 0 Å². The van der Waals surface area contributed by atoms with Gasteiger partial charge in [0.1, 0.15) is 0 Å². The number of rotatable bonds is 7. The third-order valence-corrected chi connectivity index (χ3v) is 4.95. The Balaban J connectivity index is 2.03.